The van der Waals surface area contributed by atoms with Crippen molar-refractivity contribution in [1.82, 2.24) is 10.3 Å². The van der Waals surface area contributed by atoms with Gasteiger partial charge in [0.15, 0.2) is 0 Å². The quantitative estimate of drug-likeness (QED) is 0.892. The summed E-state index contributed by atoms with van der Waals surface area (Å²) in [7, 11) is 0. The number of carbonyl (C=O) groups is 1. The van der Waals surface area contributed by atoms with Gasteiger partial charge in [-0.3, -0.25) is 9.78 Å². The van der Waals surface area contributed by atoms with Crippen molar-refractivity contribution < 1.29 is 9.18 Å². The smallest absolute Gasteiger partial charge is 0.270 e. The van der Waals surface area contributed by atoms with Crippen molar-refractivity contribution in [2.24, 2.45) is 0 Å². The maximum atomic E-state index is 12.9. The molecule has 0 bridgehead atoms. The first-order chi connectivity index (χ1) is 11.2. The standard InChI is InChI=1S/C20H25FN2O/c1-14-12-16(7-5-6-15-8-10-17(21)11-9-15)18(22-13-14)19(24)23-20(2,3)4/h8-13H,5-7H2,1-4H3,(H,23,24). The number of halogens is 1. The number of carbonyl (C=O) groups excluding carboxylic acids is 1. The summed E-state index contributed by atoms with van der Waals surface area (Å²) in [5, 5.41) is 2.97. The molecule has 0 aliphatic rings. The van der Waals surface area contributed by atoms with E-state index in [1.54, 1.807) is 18.3 Å². The molecule has 128 valence electrons. The molecular formula is C20H25FN2O. The molecule has 0 radical (unpaired) electrons. The van der Waals surface area contributed by atoms with Gasteiger partial charge in [0.25, 0.3) is 5.91 Å². The zero-order valence-electron chi connectivity index (χ0n) is 14.8. The van der Waals surface area contributed by atoms with E-state index in [9.17, 15) is 9.18 Å². The summed E-state index contributed by atoms with van der Waals surface area (Å²) >= 11 is 0. The van der Waals surface area contributed by atoms with Crippen LogP contribution in [0.15, 0.2) is 36.5 Å². The number of rotatable bonds is 5. The van der Waals surface area contributed by atoms with Crippen molar-refractivity contribution in [2.45, 2.75) is 52.5 Å². The molecule has 1 heterocycles. The molecule has 2 aromatic rings. The second-order valence-corrected chi connectivity index (χ2v) is 7.20. The third-order valence-electron chi connectivity index (χ3n) is 3.63. The van der Waals surface area contributed by atoms with E-state index in [1.165, 1.54) is 12.1 Å². The molecule has 3 nitrogen and oxygen atoms in total. The second-order valence-electron chi connectivity index (χ2n) is 7.20. The van der Waals surface area contributed by atoms with Gasteiger partial charge in [-0.15, -0.1) is 0 Å². The summed E-state index contributed by atoms with van der Waals surface area (Å²) in [5.41, 5.74) is 3.29. The van der Waals surface area contributed by atoms with Gasteiger partial charge in [0.05, 0.1) is 0 Å². The zero-order valence-corrected chi connectivity index (χ0v) is 14.8. The Labute approximate surface area is 143 Å². The summed E-state index contributed by atoms with van der Waals surface area (Å²) in [4.78, 5) is 16.8. The highest BCUT2D eigenvalue weighted by Gasteiger charge is 2.19. The van der Waals surface area contributed by atoms with Crippen molar-refractivity contribution in [3.8, 4) is 0 Å². The fourth-order valence-corrected chi connectivity index (χ4v) is 2.56. The van der Waals surface area contributed by atoms with E-state index in [2.05, 4.69) is 10.3 Å². The summed E-state index contributed by atoms with van der Waals surface area (Å²) in [6.45, 7) is 7.83. The van der Waals surface area contributed by atoms with Gasteiger partial charge in [0.1, 0.15) is 11.5 Å². The number of aryl methyl sites for hydroxylation is 3. The SMILES string of the molecule is Cc1cnc(C(=O)NC(C)(C)C)c(CCCc2ccc(F)cc2)c1. The molecule has 0 saturated carbocycles. The Bertz CT molecular complexity index is 703. The highest BCUT2D eigenvalue weighted by Crippen LogP contribution is 2.15. The van der Waals surface area contributed by atoms with Crippen LogP contribution in [0.25, 0.3) is 0 Å². The lowest BCUT2D eigenvalue weighted by Gasteiger charge is -2.21. The molecule has 4 heteroatoms. The minimum atomic E-state index is -0.297. The Morgan fingerprint density at radius 2 is 1.83 bits per heavy atom. The molecule has 0 aliphatic carbocycles. The topological polar surface area (TPSA) is 42.0 Å². The molecule has 1 amide bonds. The predicted octanol–water partition coefficient (Wildman–Crippen LogP) is 4.23. The van der Waals surface area contributed by atoms with Crippen LogP contribution >= 0.6 is 0 Å². The first kappa shape index (κ1) is 18.1. The van der Waals surface area contributed by atoms with Crippen molar-refractivity contribution in [3.63, 3.8) is 0 Å². The molecule has 0 aliphatic heterocycles. The Morgan fingerprint density at radius 1 is 1.17 bits per heavy atom. The molecular weight excluding hydrogens is 303 g/mol. The van der Waals surface area contributed by atoms with Crippen molar-refractivity contribution >= 4 is 5.91 Å². The highest BCUT2D eigenvalue weighted by molar-refractivity contribution is 5.94. The minimum absolute atomic E-state index is 0.140. The average molecular weight is 328 g/mol. The van der Waals surface area contributed by atoms with Gasteiger partial charge in [-0.1, -0.05) is 18.2 Å². The van der Waals surface area contributed by atoms with Gasteiger partial charge in [-0.05, 0) is 75.8 Å². The van der Waals surface area contributed by atoms with Crippen molar-refractivity contribution in [2.75, 3.05) is 0 Å². The molecule has 1 aromatic heterocycles. The van der Waals surface area contributed by atoms with Crippen LogP contribution in [0.3, 0.4) is 0 Å². The number of amides is 1. The number of hydrogen-bond donors (Lipinski definition) is 1. The molecule has 1 N–H and O–H groups in total. The number of hydrogen-bond acceptors (Lipinski definition) is 2. The fraction of sp³-hybridized carbons (Fsp3) is 0.400. The van der Waals surface area contributed by atoms with E-state index in [0.717, 1.165) is 36.0 Å². The third-order valence-corrected chi connectivity index (χ3v) is 3.63. The van der Waals surface area contributed by atoms with E-state index in [0.29, 0.717) is 5.69 Å². The molecule has 24 heavy (non-hydrogen) atoms. The van der Waals surface area contributed by atoms with Crippen LogP contribution < -0.4 is 5.32 Å². The molecule has 0 fully saturated rings. The van der Waals surface area contributed by atoms with E-state index in [-0.39, 0.29) is 17.3 Å². The predicted molar refractivity (Wildman–Crippen MR) is 94.6 cm³/mol. The normalized spacial score (nSPS) is 11.4. The highest BCUT2D eigenvalue weighted by atomic mass is 19.1. The maximum Gasteiger partial charge on any atom is 0.270 e. The maximum absolute atomic E-state index is 12.9. The van der Waals surface area contributed by atoms with Crippen LogP contribution in [0.4, 0.5) is 4.39 Å². The van der Waals surface area contributed by atoms with Gasteiger partial charge in [0.2, 0.25) is 0 Å². The molecule has 0 atom stereocenters. The van der Waals surface area contributed by atoms with Gasteiger partial charge in [0, 0.05) is 11.7 Å². The van der Waals surface area contributed by atoms with Crippen molar-refractivity contribution in [3.05, 3.63) is 64.7 Å². The fourth-order valence-electron chi connectivity index (χ4n) is 2.56. The largest absolute Gasteiger partial charge is 0.346 e. The van der Waals surface area contributed by atoms with Gasteiger partial charge in [-0.2, -0.15) is 0 Å². The Hall–Kier alpha value is -2.23. The van der Waals surface area contributed by atoms with Crippen LogP contribution in [0.2, 0.25) is 0 Å². The van der Waals surface area contributed by atoms with E-state index in [4.69, 9.17) is 0 Å². The number of benzene rings is 1. The first-order valence-electron chi connectivity index (χ1n) is 8.27. The number of nitrogens with one attached hydrogen (secondary N) is 1. The third kappa shape index (κ3) is 5.44. The zero-order chi connectivity index (χ0) is 17.7. The molecule has 0 saturated heterocycles. The Kier molecular flexibility index (Phi) is 5.71. The lowest BCUT2D eigenvalue weighted by molar-refractivity contribution is 0.0913. The Morgan fingerprint density at radius 3 is 2.46 bits per heavy atom. The molecule has 0 spiro atoms. The lowest BCUT2D eigenvalue weighted by atomic mass is 10.0. The monoisotopic (exact) mass is 328 g/mol. The summed E-state index contributed by atoms with van der Waals surface area (Å²) in [6.07, 6.45) is 4.21. The minimum Gasteiger partial charge on any atom is -0.346 e. The Balaban J connectivity index is 2.07. The summed E-state index contributed by atoms with van der Waals surface area (Å²) in [6, 6.07) is 8.58. The summed E-state index contributed by atoms with van der Waals surface area (Å²) < 4.78 is 12.9. The van der Waals surface area contributed by atoms with E-state index >= 15 is 0 Å². The van der Waals surface area contributed by atoms with Crippen LogP contribution in [-0.4, -0.2) is 16.4 Å². The van der Waals surface area contributed by atoms with E-state index in [1.807, 2.05) is 33.8 Å². The van der Waals surface area contributed by atoms with Gasteiger partial charge >= 0.3 is 0 Å². The van der Waals surface area contributed by atoms with Crippen LogP contribution in [0, 0.1) is 12.7 Å². The van der Waals surface area contributed by atoms with Crippen LogP contribution in [0.1, 0.15) is 54.4 Å². The van der Waals surface area contributed by atoms with Gasteiger partial charge < -0.3 is 5.32 Å². The lowest BCUT2D eigenvalue weighted by Crippen LogP contribution is -2.41. The van der Waals surface area contributed by atoms with Crippen molar-refractivity contribution in [1.29, 1.82) is 0 Å². The van der Waals surface area contributed by atoms with Crippen LogP contribution in [0.5, 0.6) is 0 Å². The molecule has 0 unspecified atom stereocenters. The number of pyridine rings is 1. The number of nitrogens with zero attached hydrogens (tertiary/aromatic N) is 1. The number of aromatic nitrogens is 1. The first-order valence-corrected chi connectivity index (χ1v) is 8.27. The van der Waals surface area contributed by atoms with Crippen LogP contribution in [-0.2, 0) is 12.8 Å². The second kappa shape index (κ2) is 7.56. The average Bonchev–Trinajstić information content (AvgIpc) is 2.47. The van der Waals surface area contributed by atoms with Gasteiger partial charge in [-0.25, -0.2) is 4.39 Å². The van der Waals surface area contributed by atoms with E-state index < -0.39 is 0 Å². The molecule has 1 aromatic carbocycles. The summed E-state index contributed by atoms with van der Waals surface area (Å²) in [5.74, 6) is -0.359. The molecule has 2 rings (SSSR count).